The normalized spacial score (nSPS) is 10.2. The van der Waals surface area contributed by atoms with Crippen molar-refractivity contribution in [2.24, 2.45) is 5.73 Å². The van der Waals surface area contributed by atoms with E-state index in [1.165, 1.54) is 13.0 Å². The molecule has 120 valence electrons. The van der Waals surface area contributed by atoms with Crippen molar-refractivity contribution < 1.29 is 14.5 Å². The van der Waals surface area contributed by atoms with E-state index in [9.17, 15) is 19.7 Å². The van der Waals surface area contributed by atoms with Crippen molar-refractivity contribution in [3.63, 3.8) is 0 Å². The number of rotatable bonds is 5. The Morgan fingerprint density at radius 3 is 2.65 bits per heavy atom. The summed E-state index contributed by atoms with van der Waals surface area (Å²) in [4.78, 5) is 37.9. The van der Waals surface area contributed by atoms with E-state index in [-0.39, 0.29) is 27.9 Å². The summed E-state index contributed by atoms with van der Waals surface area (Å²) in [6.45, 7) is 1.27. The van der Waals surface area contributed by atoms with Crippen molar-refractivity contribution in [1.29, 1.82) is 0 Å². The Hall–Kier alpha value is -2.85. The smallest absolute Gasteiger partial charge is 0.324 e. The van der Waals surface area contributed by atoms with Crippen LogP contribution in [0, 0.1) is 17.0 Å². The lowest BCUT2D eigenvalue weighted by molar-refractivity contribution is -0.380. The Labute approximate surface area is 134 Å². The summed E-state index contributed by atoms with van der Waals surface area (Å²) in [6.07, 6.45) is 0. The second-order valence-corrected chi connectivity index (χ2v) is 5.40. The van der Waals surface area contributed by atoms with Crippen molar-refractivity contribution in [2.75, 3.05) is 17.2 Å². The number of thiazole rings is 1. The minimum absolute atomic E-state index is 0.110. The van der Waals surface area contributed by atoms with Crippen LogP contribution in [0.3, 0.4) is 0 Å². The molecule has 0 unspecified atom stereocenters. The van der Waals surface area contributed by atoms with Gasteiger partial charge in [0.1, 0.15) is 5.69 Å². The predicted octanol–water partition coefficient (Wildman–Crippen LogP) is 1.51. The van der Waals surface area contributed by atoms with Gasteiger partial charge in [0, 0.05) is 0 Å². The van der Waals surface area contributed by atoms with Crippen LogP contribution < -0.4 is 16.4 Å². The molecule has 2 aromatic rings. The van der Waals surface area contributed by atoms with E-state index in [2.05, 4.69) is 15.6 Å². The lowest BCUT2D eigenvalue weighted by Gasteiger charge is -2.09. The maximum atomic E-state index is 12.3. The third-order valence-corrected chi connectivity index (χ3v) is 3.81. The van der Waals surface area contributed by atoms with E-state index in [0.29, 0.717) is 5.69 Å². The number of hydrogen-bond acceptors (Lipinski definition) is 7. The highest BCUT2D eigenvalue weighted by Gasteiger charge is 2.20. The predicted molar refractivity (Wildman–Crippen MR) is 85.6 cm³/mol. The molecule has 9 nitrogen and oxygen atoms in total. The van der Waals surface area contributed by atoms with Gasteiger partial charge in [0.25, 0.3) is 5.91 Å². The number of nitrogens with zero attached hydrogens (tertiary/aromatic N) is 2. The highest BCUT2D eigenvalue weighted by atomic mass is 32.1. The Balaban J connectivity index is 2.23. The highest BCUT2D eigenvalue weighted by molar-refractivity contribution is 7.19. The van der Waals surface area contributed by atoms with E-state index in [4.69, 9.17) is 5.73 Å². The van der Waals surface area contributed by atoms with Crippen LogP contribution in [0.25, 0.3) is 0 Å². The molecule has 0 radical (unpaired) electrons. The number of carbonyl (C=O) groups excluding carboxylic acids is 2. The zero-order chi connectivity index (χ0) is 17.0. The fourth-order valence-electron chi connectivity index (χ4n) is 1.77. The van der Waals surface area contributed by atoms with Crippen molar-refractivity contribution in [1.82, 2.24) is 4.98 Å². The third kappa shape index (κ3) is 3.87. The SMILES string of the molecule is Cc1nc(NC(=O)c2ccccc2NC(=O)CN)sc1[N+](=O)[O-]. The number of benzene rings is 1. The first-order chi connectivity index (χ1) is 10.9. The minimum Gasteiger partial charge on any atom is -0.324 e. The number of carbonyl (C=O) groups is 2. The Morgan fingerprint density at radius 1 is 1.35 bits per heavy atom. The number of para-hydroxylation sites is 1. The van der Waals surface area contributed by atoms with Crippen LogP contribution in [-0.2, 0) is 4.79 Å². The standard InChI is InChI=1S/C13H13N5O4S/c1-7-12(18(21)22)23-13(15-7)17-11(20)8-4-2-3-5-9(8)16-10(19)6-14/h2-5H,6,14H2,1H3,(H,16,19)(H,15,17,20). The molecule has 23 heavy (non-hydrogen) atoms. The summed E-state index contributed by atoms with van der Waals surface area (Å²) in [7, 11) is 0. The van der Waals surface area contributed by atoms with Gasteiger partial charge in [-0.05, 0) is 30.4 Å². The second-order valence-electron chi connectivity index (χ2n) is 4.42. The fourth-order valence-corrected chi connectivity index (χ4v) is 2.54. The summed E-state index contributed by atoms with van der Waals surface area (Å²) in [6, 6.07) is 6.35. The largest absolute Gasteiger partial charge is 0.348 e. The first-order valence-electron chi connectivity index (χ1n) is 6.44. The van der Waals surface area contributed by atoms with Gasteiger partial charge < -0.3 is 11.1 Å². The molecule has 0 bridgehead atoms. The van der Waals surface area contributed by atoms with E-state index in [1.54, 1.807) is 18.2 Å². The second kappa shape index (κ2) is 6.94. The number of nitrogens with one attached hydrogen (secondary N) is 2. The molecule has 1 aromatic heterocycles. The zero-order valence-corrected chi connectivity index (χ0v) is 12.8. The lowest BCUT2D eigenvalue weighted by Crippen LogP contribution is -2.24. The first kappa shape index (κ1) is 16.5. The molecule has 0 atom stereocenters. The molecule has 0 saturated heterocycles. The molecule has 0 aliphatic heterocycles. The van der Waals surface area contributed by atoms with Gasteiger partial charge in [-0.1, -0.05) is 12.1 Å². The molecule has 0 aliphatic rings. The van der Waals surface area contributed by atoms with Gasteiger partial charge in [-0.2, -0.15) is 0 Å². The number of hydrogen-bond donors (Lipinski definition) is 3. The minimum atomic E-state index is -0.557. The van der Waals surface area contributed by atoms with Crippen LogP contribution in [0.15, 0.2) is 24.3 Å². The molecular weight excluding hydrogens is 322 g/mol. The number of amides is 2. The van der Waals surface area contributed by atoms with Gasteiger partial charge in [0.05, 0.1) is 22.7 Å². The van der Waals surface area contributed by atoms with Crippen LogP contribution in [0.4, 0.5) is 15.8 Å². The topological polar surface area (TPSA) is 140 Å². The third-order valence-electron chi connectivity index (χ3n) is 2.79. The quantitative estimate of drug-likeness (QED) is 0.559. The Kier molecular flexibility index (Phi) is 4.98. The molecule has 1 heterocycles. The van der Waals surface area contributed by atoms with Crippen LogP contribution in [-0.4, -0.2) is 28.3 Å². The van der Waals surface area contributed by atoms with Crippen LogP contribution >= 0.6 is 11.3 Å². The first-order valence-corrected chi connectivity index (χ1v) is 7.26. The van der Waals surface area contributed by atoms with Gasteiger partial charge in [-0.15, -0.1) is 0 Å². The van der Waals surface area contributed by atoms with Crippen molar-refractivity contribution in [3.8, 4) is 0 Å². The van der Waals surface area contributed by atoms with Crippen LogP contribution in [0.2, 0.25) is 0 Å². The molecule has 0 saturated carbocycles. The summed E-state index contributed by atoms with van der Waals surface area (Å²) in [5.74, 6) is -0.979. The van der Waals surface area contributed by atoms with Gasteiger partial charge in [0.2, 0.25) is 5.91 Å². The molecule has 0 fully saturated rings. The molecule has 10 heteroatoms. The van der Waals surface area contributed by atoms with Crippen molar-refractivity contribution in [3.05, 3.63) is 45.6 Å². The Morgan fingerprint density at radius 2 is 2.04 bits per heavy atom. The highest BCUT2D eigenvalue weighted by Crippen LogP contribution is 2.30. The molecule has 2 rings (SSSR count). The van der Waals surface area contributed by atoms with E-state index >= 15 is 0 Å². The summed E-state index contributed by atoms with van der Waals surface area (Å²) < 4.78 is 0. The average molecular weight is 335 g/mol. The van der Waals surface area contributed by atoms with Gasteiger partial charge in [-0.25, -0.2) is 4.98 Å². The van der Waals surface area contributed by atoms with Crippen molar-refractivity contribution >= 4 is 39.0 Å². The van der Waals surface area contributed by atoms with Crippen LogP contribution in [0.5, 0.6) is 0 Å². The van der Waals surface area contributed by atoms with E-state index < -0.39 is 16.7 Å². The monoisotopic (exact) mass is 335 g/mol. The van der Waals surface area contributed by atoms with E-state index in [1.807, 2.05) is 0 Å². The number of aromatic nitrogens is 1. The number of aryl methyl sites for hydroxylation is 1. The summed E-state index contributed by atoms with van der Waals surface area (Å²) >= 11 is 0.765. The van der Waals surface area contributed by atoms with Gasteiger partial charge in [-0.3, -0.25) is 25.0 Å². The molecular formula is C13H13N5O4S. The van der Waals surface area contributed by atoms with Gasteiger partial charge >= 0.3 is 5.00 Å². The maximum absolute atomic E-state index is 12.3. The summed E-state index contributed by atoms with van der Waals surface area (Å²) in [5.41, 5.74) is 5.95. The fraction of sp³-hybridized carbons (Fsp3) is 0.154. The molecule has 1 aromatic carbocycles. The van der Waals surface area contributed by atoms with E-state index in [0.717, 1.165) is 11.3 Å². The molecule has 2 amide bonds. The molecule has 4 N–H and O–H groups in total. The average Bonchev–Trinajstić information content (AvgIpc) is 2.88. The molecule has 0 spiro atoms. The Bertz CT molecular complexity index is 773. The maximum Gasteiger partial charge on any atom is 0.348 e. The van der Waals surface area contributed by atoms with Crippen molar-refractivity contribution in [2.45, 2.75) is 6.92 Å². The zero-order valence-electron chi connectivity index (χ0n) is 12.0. The molecule has 0 aliphatic carbocycles. The number of nitro groups is 1. The lowest BCUT2D eigenvalue weighted by atomic mass is 10.1. The van der Waals surface area contributed by atoms with Gasteiger partial charge in [0.15, 0.2) is 5.13 Å². The number of nitrogens with two attached hydrogens (primary N) is 1. The summed E-state index contributed by atoms with van der Waals surface area (Å²) in [5, 5.41) is 15.8. The number of anilines is 2. The van der Waals surface area contributed by atoms with Crippen LogP contribution in [0.1, 0.15) is 16.1 Å².